The first-order chi connectivity index (χ1) is 14.7. The first-order valence-electron chi connectivity index (χ1n) is 11.7. The first kappa shape index (κ1) is 25.1. The fourth-order valence-corrected chi connectivity index (χ4v) is 4.37. The van der Waals surface area contributed by atoms with Crippen molar-refractivity contribution in [3.63, 3.8) is 0 Å². The van der Waals surface area contributed by atoms with Crippen LogP contribution in [0.3, 0.4) is 0 Å². The van der Waals surface area contributed by atoms with E-state index in [1.54, 1.807) is 9.80 Å². The minimum Gasteiger partial charge on any atom is -0.455 e. The van der Waals surface area contributed by atoms with E-state index in [9.17, 15) is 19.2 Å². The molecule has 2 amide bonds. The molecule has 2 aliphatic rings. The summed E-state index contributed by atoms with van der Waals surface area (Å²) in [5.74, 6) is -2.13. The van der Waals surface area contributed by atoms with E-state index in [0.717, 1.165) is 51.4 Å². The lowest BCUT2D eigenvalue weighted by Gasteiger charge is -2.35. The van der Waals surface area contributed by atoms with Crippen LogP contribution < -0.4 is 0 Å². The Hall–Kier alpha value is -2.12. The van der Waals surface area contributed by atoms with Crippen molar-refractivity contribution in [2.24, 2.45) is 5.41 Å². The second-order valence-corrected chi connectivity index (χ2v) is 9.07. The maximum absolute atomic E-state index is 12.5. The molecule has 0 bridgehead atoms. The van der Waals surface area contributed by atoms with E-state index in [2.05, 4.69) is 0 Å². The monoisotopic (exact) mass is 438 g/mol. The molecule has 2 atom stereocenters. The molecule has 8 heteroatoms. The topological polar surface area (TPSA) is 93.2 Å². The zero-order valence-electron chi connectivity index (χ0n) is 19.5. The fraction of sp³-hybridized carbons (Fsp3) is 0.826. The van der Waals surface area contributed by atoms with Crippen molar-refractivity contribution in [3.05, 3.63) is 0 Å². The van der Waals surface area contributed by atoms with Gasteiger partial charge in [0.15, 0.2) is 18.6 Å². The summed E-state index contributed by atoms with van der Waals surface area (Å²) in [5, 5.41) is 0. The highest BCUT2D eigenvalue weighted by Gasteiger charge is 2.41. The summed E-state index contributed by atoms with van der Waals surface area (Å²) < 4.78 is 10.3. The van der Waals surface area contributed by atoms with Gasteiger partial charge in [0.25, 0.3) is 11.8 Å². The first-order valence-corrected chi connectivity index (χ1v) is 11.7. The molecule has 0 radical (unpaired) electrons. The molecule has 176 valence electrons. The highest BCUT2D eigenvalue weighted by molar-refractivity contribution is 6.00. The molecule has 2 heterocycles. The number of hydrogen-bond acceptors (Lipinski definition) is 6. The van der Waals surface area contributed by atoms with Crippen LogP contribution in [0.2, 0.25) is 0 Å². The van der Waals surface area contributed by atoms with Crippen LogP contribution in [-0.2, 0) is 28.7 Å². The summed E-state index contributed by atoms with van der Waals surface area (Å²) >= 11 is 0. The molecule has 0 aromatic carbocycles. The molecule has 0 unspecified atom stereocenters. The molecule has 0 aliphatic carbocycles. The van der Waals surface area contributed by atoms with Gasteiger partial charge in [-0.25, -0.2) is 0 Å². The standard InChI is InChI=1S/C23H38N2O6/c1-5-17-11-7-9-13-24(17)19(26)15-30-21(28)23(3,4)22(29)31-16-20(27)25-14-10-8-12-18(25)6-2/h17-18H,5-16H2,1-4H3/t17-,18+. The quantitative estimate of drug-likeness (QED) is 0.427. The average molecular weight is 439 g/mol. The molecule has 0 aromatic heterocycles. The van der Waals surface area contributed by atoms with Gasteiger partial charge in [-0.2, -0.15) is 0 Å². The Balaban J connectivity index is 1.84. The van der Waals surface area contributed by atoms with Crippen molar-refractivity contribution in [2.75, 3.05) is 26.3 Å². The molecule has 2 saturated heterocycles. The van der Waals surface area contributed by atoms with E-state index in [1.807, 2.05) is 13.8 Å². The highest BCUT2D eigenvalue weighted by atomic mass is 16.6. The van der Waals surface area contributed by atoms with E-state index in [1.165, 1.54) is 13.8 Å². The summed E-state index contributed by atoms with van der Waals surface area (Å²) in [6.07, 6.45) is 7.71. The zero-order valence-corrected chi connectivity index (χ0v) is 19.5. The predicted molar refractivity (Wildman–Crippen MR) is 115 cm³/mol. The smallest absolute Gasteiger partial charge is 0.323 e. The van der Waals surface area contributed by atoms with Gasteiger partial charge in [0.1, 0.15) is 0 Å². The average Bonchev–Trinajstić information content (AvgIpc) is 2.80. The van der Waals surface area contributed by atoms with Gasteiger partial charge >= 0.3 is 11.9 Å². The number of ether oxygens (including phenoxy) is 2. The maximum Gasteiger partial charge on any atom is 0.323 e. The van der Waals surface area contributed by atoms with Crippen LogP contribution in [0.5, 0.6) is 0 Å². The zero-order chi connectivity index (χ0) is 23.0. The van der Waals surface area contributed by atoms with Gasteiger partial charge in [-0.15, -0.1) is 0 Å². The van der Waals surface area contributed by atoms with Gasteiger partial charge in [0.2, 0.25) is 0 Å². The summed E-state index contributed by atoms with van der Waals surface area (Å²) in [6, 6.07) is 0.344. The molecular formula is C23H38N2O6. The van der Waals surface area contributed by atoms with Crippen molar-refractivity contribution in [2.45, 2.75) is 91.1 Å². The van der Waals surface area contributed by atoms with Crippen molar-refractivity contribution in [1.29, 1.82) is 0 Å². The number of carbonyl (C=O) groups is 4. The second kappa shape index (κ2) is 11.5. The van der Waals surface area contributed by atoms with E-state index >= 15 is 0 Å². The third-order valence-electron chi connectivity index (χ3n) is 6.51. The Labute approximate surface area is 185 Å². The maximum atomic E-state index is 12.5. The molecule has 0 aromatic rings. The van der Waals surface area contributed by atoms with Crippen molar-refractivity contribution in [3.8, 4) is 0 Å². The normalized spacial score (nSPS) is 22.1. The third kappa shape index (κ3) is 6.43. The highest BCUT2D eigenvalue weighted by Crippen LogP contribution is 2.23. The molecule has 2 rings (SSSR count). The number of rotatable bonds is 8. The second-order valence-electron chi connectivity index (χ2n) is 9.07. The van der Waals surface area contributed by atoms with Gasteiger partial charge < -0.3 is 19.3 Å². The molecule has 0 saturated carbocycles. The SMILES string of the molecule is CC[C@@H]1CCCCN1C(=O)COC(=O)C(C)(C)C(=O)OCC(=O)N1CCCC[C@@H]1CC. The predicted octanol–water partition coefficient (Wildman–Crippen LogP) is 2.68. The number of amides is 2. The van der Waals surface area contributed by atoms with Crippen LogP contribution >= 0.6 is 0 Å². The van der Waals surface area contributed by atoms with Crippen LogP contribution in [0.15, 0.2) is 0 Å². The summed E-state index contributed by atoms with van der Waals surface area (Å²) in [5.41, 5.74) is -1.60. The fourth-order valence-electron chi connectivity index (χ4n) is 4.37. The molecule has 31 heavy (non-hydrogen) atoms. The van der Waals surface area contributed by atoms with Crippen LogP contribution in [0.25, 0.3) is 0 Å². The van der Waals surface area contributed by atoms with Gasteiger partial charge in [0, 0.05) is 25.2 Å². The van der Waals surface area contributed by atoms with Gasteiger partial charge in [-0.3, -0.25) is 19.2 Å². The summed E-state index contributed by atoms with van der Waals surface area (Å²) in [4.78, 5) is 53.5. The van der Waals surface area contributed by atoms with Crippen LogP contribution in [0.1, 0.15) is 79.1 Å². The number of likely N-dealkylation sites (tertiary alicyclic amines) is 2. The van der Waals surface area contributed by atoms with Gasteiger partial charge in [-0.1, -0.05) is 13.8 Å². The number of piperidine rings is 2. The number of carbonyl (C=O) groups excluding carboxylic acids is 4. The summed E-state index contributed by atoms with van der Waals surface area (Å²) in [6.45, 7) is 7.39. The lowest BCUT2D eigenvalue weighted by Crippen LogP contribution is -2.47. The molecule has 2 fully saturated rings. The minimum absolute atomic E-state index is 0.172. The van der Waals surface area contributed by atoms with E-state index in [-0.39, 0.29) is 23.9 Å². The van der Waals surface area contributed by atoms with Crippen LogP contribution in [0.4, 0.5) is 0 Å². The van der Waals surface area contributed by atoms with Gasteiger partial charge in [0.05, 0.1) is 0 Å². The largest absolute Gasteiger partial charge is 0.455 e. The lowest BCUT2D eigenvalue weighted by molar-refractivity contribution is -0.174. The molecule has 2 aliphatic heterocycles. The molecule has 0 N–H and O–H groups in total. The lowest BCUT2D eigenvalue weighted by atomic mass is 9.94. The number of esters is 2. The van der Waals surface area contributed by atoms with Crippen molar-refractivity contribution >= 4 is 23.8 Å². The van der Waals surface area contributed by atoms with E-state index in [0.29, 0.717) is 13.1 Å². The van der Waals surface area contributed by atoms with Crippen LogP contribution in [-0.4, -0.2) is 71.9 Å². The van der Waals surface area contributed by atoms with Gasteiger partial charge in [-0.05, 0) is 65.2 Å². The Kier molecular flexibility index (Phi) is 9.32. The van der Waals surface area contributed by atoms with E-state index < -0.39 is 30.6 Å². The molecule has 0 spiro atoms. The Morgan fingerprint density at radius 1 is 0.742 bits per heavy atom. The Morgan fingerprint density at radius 3 is 1.48 bits per heavy atom. The number of nitrogens with zero attached hydrogens (tertiary/aromatic N) is 2. The number of hydrogen-bond donors (Lipinski definition) is 0. The Bertz CT molecular complexity index is 608. The van der Waals surface area contributed by atoms with E-state index in [4.69, 9.17) is 9.47 Å². The van der Waals surface area contributed by atoms with Crippen LogP contribution in [0, 0.1) is 5.41 Å². The summed E-state index contributed by atoms with van der Waals surface area (Å²) in [7, 11) is 0. The van der Waals surface area contributed by atoms with Crippen molar-refractivity contribution in [1.82, 2.24) is 9.80 Å². The Morgan fingerprint density at radius 2 is 1.13 bits per heavy atom. The molecule has 8 nitrogen and oxygen atoms in total. The molecular weight excluding hydrogens is 400 g/mol. The third-order valence-corrected chi connectivity index (χ3v) is 6.51. The minimum atomic E-state index is -1.60. The van der Waals surface area contributed by atoms with Crippen molar-refractivity contribution < 1.29 is 28.7 Å².